The molecule has 1 aromatic carbocycles. The highest BCUT2D eigenvalue weighted by Gasteiger charge is 2.05. The summed E-state index contributed by atoms with van der Waals surface area (Å²) in [5.41, 5.74) is 7.10. The van der Waals surface area contributed by atoms with E-state index < -0.39 is 0 Å². The van der Waals surface area contributed by atoms with Crippen LogP contribution in [0.25, 0.3) is 6.08 Å². The molecule has 0 aliphatic rings. The van der Waals surface area contributed by atoms with Crippen molar-refractivity contribution >= 4 is 23.6 Å². The largest absolute Gasteiger partial charge is 0.463 e. The monoisotopic (exact) mass is 276 g/mol. The van der Waals surface area contributed by atoms with E-state index in [0.29, 0.717) is 12.3 Å². The first-order chi connectivity index (χ1) is 9.51. The van der Waals surface area contributed by atoms with Crippen LogP contribution < -0.4 is 11.1 Å². The number of nitrogens with two attached hydrogens (primary N) is 1. The highest BCUT2D eigenvalue weighted by atomic mass is 16.5. The first-order valence-corrected chi connectivity index (χ1v) is 6.51. The molecule has 1 amide bonds. The lowest BCUT2D eigenvalue weighted by atomic mass is 10.2. The van der Waals surface area contributed by atoms with Crippen LogP contribution in [0.4, 0.5) is 5.69 Å². The van der Waals surface area contributed by atoms with Gasteiger partial charge >= 0.3 is 5.97 Å². The fourth-order valence-corrected chi connectivity index (χ4v) is 1.54. The van der Waals surface area contributed by atoms with Crippen molar-refractivity contribution in [1.82, 2.24) is 0 Å². The van der Waals surface area contributed by atoms with Gasteiger partial charge in [0.15, 0.2) is 0 Å². The number of amides is 1. The Morgan fingerprint density at radius 3 is 2.55 bits per heavy atom. The zero-order valence-electron chi connectivity index (χ0n) is 11.8. The van der Waals surface area contributed by atoms with Crippen molar-refractivity contribution in [1.29, 1.82) is 0 Å². The summed E-state index contributed by atoms with van der Waals surface area (Å²) in [5.74, 6) is -0.489. The van der Waals surface area contributed by atoms with E-state index in [4.69, 9.17) is 10.5 Å². The van der Waals surface area contributed by atoms with Crippen molar-refractivity contribution in [2.24, 2.45) is 5.73 Å². The third-order valence-electron chi connectivity index (χ3n) is 2.40. The average Bonchev–Trinajstić information content (AvgIpc) is 2.37. The van der Waals surface area contributed by atoms with Gasteiger partial charge in [-0.1, -0.05) is 12.1 Å². The SMILES string of the molecule is CCOC(=O)/C=C/c1ccc(NC(=O)CC(C)N)cc1. The molecule has 5 heteroatoms. The summed E-state index contributed by atoms with van der Waals surface area (Å²) in [6, 6.07) is 6.98. The molecule has 0 aliphatic carbocycles. The lowest BCUT2D eigenvalue weighted by Gasteiger charge is -2.07. The summed E-state index contributed by atoms with van der Waals surface area (Å²) in [5, 5.41) is 2.75. The van der Waals surface area contributed by atoms with Crippen LogP contribution in [0, 0.1) is 0 Å². The van der Waals surface area contributed by atoms with Gasteiger partial charge in [-0.3, -0.25) is 4.79 Å². The van der Waals surface area contributed by atoms with E-state index in [-0.39, 0.29) is 24.3 Å². The maximum Gasteiger partial charge on any atom is 0.330 e. The number of benzene rings is 1. The maximum absolute atomic E-state index is 11.5. The predicted octanol–water partition coefficient (Wildman–Crippen LogP) is 1.94. The number of rotatable bonds is 6. The number of hydrogen-bond acceptors (Lipinski definition) is 4. The molecule has 0 radical (unpaired) electrons. The zero-order valence-corrected chi connectivity index (χ0v) is 11.8. The molecule has 0 saturated heterocycles. The molecule has 1 atom stereocenters. The van der Waals surface area contributed by atoms with Gasteiger partial charge in [0.1, 0.15) is 0 Å². The predicted molar refractivity (Wildman–Crippen MR) is 79.0 cm³/mol. The van der Waals surface area contributed by atoms with Crippen LogP contribution in [0.15, 0.2) is 30.3 Å². The Morgan fingerprint density at radius 2 is 2.00 bits per heavy atom. The van der Waals surface area contributed by atoms with E-state index >= 15 is 0 Å². The van der Waals surface area contributed by atoms with Gasteiger partial charge in [0.2, 0.25) is 5.91 Å². The van der Waals surface area contributed by atoms with Gasteiger partial charge in [0, 0.05) is 24.2 Å². The number of anilines is 1. The van der Waals surface area contributed by atoms with Crippen molar-refractivity contribution in [3.8, 4) is 0 Å². The van der Waals surface area contributed by atoms with E-state index in [1.807, 2.05) is 0 Å². The number of carbonyl (C=O) groups is 2. The molecule has 0 aliphatic heterocycles. The first kappa shape index (κ1) is 15.9. The summed E-state index contributed by atoms with van der Waals surface area (Å²) in [4.78, 5) is 22.7. The molecular weight excluding hydrogens is 256 g/mol. The number of esters is 1. The van der Waals surface area contributed by atoms with Crippen LogP contribution in [0.3, 0.4) is 0 Å². The molecule has 1 aromatic rings. The molecule has 1 rings (SSSR count). The standard InChI is InChI=1S/C15H20N2O3/c1-3-20-15(19)9-6-12-4-7-13(8-5-12)17-14(18)10-11(2)16/h4-9,11H,3,10,16H2,1-2H3,(H,17,18)/b9-6+. The van der Waals surface area contributed by atoms with E-state index in [0.717, 1.165) is 5.56 Å². The fraction of sp³-hybridized carbons (Fsp3) is 0.333. The second-order valence-electron chi connectivity index (χ2n) is 4.44. The Morgan fingerprint density at radius 1 is 1.35 bits per heavy atom. The fourth-order valence-electron chi connectivity index (χ4n) is 1.54. The number of carbonyl (C=O) groups excluding carboxylic acids is 2. The van der Waals surface area contributed by atoms with E-state index in [1.165, 1.54) is 6.08 Å². The molecule has 0 aromatic heterocycles. The molecule has 20 heavy (non-hydrogen) atoms. The summed E-state index contributed by atoms with van der Waals surface area (Å²) >= 11 is 0. The van der Waals surface area contributed by atoms with Crippen LogP contribution in [-0.2, 0) is 14.3 Å². The van der Waals surface area contributed by atoms with Crippen molar-refractivity contribution in [3.63, 3.8) is 0 Å². The molecule has 0 spiro atoms. The van der Waals surface area contributed by atoms with Crippen LogP contribution in [0.2, 0.25) is 0 Å². The number of ether oxygens (including phenoxy) is 1. The van der Waals surface area contributed by atoms with Crippen molar-refractivity contribution in [2.75, 3.05) is 11.9 Å². The van der Waals surface area contributed by atoms with E-state index in [9.17, 15) is 9.59 Å². The van der Waals surface area contributed by atoms with Gasteiger partial charge in [-0.05, 0) is 37.6 Å². The Kier molecular flexibility index (Phi) is 6.46. The highest BCUT2D eigenvalue weighted by molar-refractivity contribution is 5.91. The normalized spacial score (nSPS) is 12.2. The van der Waals surface area contributed by atoms with Crippen LogP contribution >= 0.6 is 0 Å². The molecule has 5 nitrogen and oxygen atoms in total. The molecule has 0 heterocycles. The minimum atomic E-state index is -0.373. The first-order valence-electron chi connectivity index (χ1n) is 6.51. The lowest BCUT2D eigenvalue weighted by Crippen LogP contribution is -2.23. The van der Waals surface area contributed by atoms with E-state index in [2.05, 4.69) is 5.32 Å². The maximum atomic E-state index is 11.5. The highest BCUT2D eigenvalue weighted by Crippen LogP contribution is 2.11. The molecule has 0 bridgehead atoms. The van der Waals surface area contributed by atoms with Gasteiger partial charge in [-0.25, -0.2) is 4.79 Å². The van der Waals surface area contributed by atoms with Gasteiger partial charge < -0.3 is 15.8 Å². The van der Waals surface area contributed by atoms with Crippen LogP contribution in [0.1, 0.15) is 25.8 Å². The Balaban J connectivity index is 2.56. The minimum Gasteiger partial charge on any atom is -0.463 e. The van der Waals surface area contributed by atoms with Gasteiger partial charge in [0.25, 0.3) is 0 Å². The zero-order chi connectivity index (χ0) is 15.0. The van der Waals surface area contributed by atoms with Gasteiger partial charge in [-0.15, -0.1) is 0 Å². The molecular formula is C15H20N2O3. The molecule has 1 unspecified atom stereocenters. The molecule has 3 N–H and O–H groups in total. The lowest BCUT2D eigenvalue weighted by molar-refractivity contribution is -0.137. The van der Waals surface area contributed by atoms with Crippen LogP contribution in [0.5, 0.6) is 0 Å². The molecule has 0 saturated carbocycles. The quantitative estimate of drug-likeness (QED) is 0.614. The minimum absolute atomic E-state index is 0.116. The van der Waals surface area contributed by atoms with Gasteiger partial charge in [0.05, 0.1) is 6.61 Å². The number of hydrogen-bond donors (Lipinski definition) is 2. The van der Waals surface area contributed by atoms with Gasteiger partial charge in [-0.2, -0.15) is 0 Å². The Hall–Kier alpha value is -2.14. The second kappa shape index (κ2) is 8.12. The van der Waals surface area contributed by atoms with Crippen LogP contribution in [-0.4, -0.2) is 24.5 Å². The summed E-state index contributed by atoms with van der Waals surface area (Å²) in [6.45, 7) is 3.89. The van der Waals surface area contributed by atoms with E-state index in [1.54, 1.807) is 44.2 Å². The third kappa shape index (κ3) is 6.15. The van der Waals surface area contributed by atoms with Crippen molar-refractivity contribution in [2.45, 2.75) is 26.3 Å². The summed E-state index contributed by atoms with van der Waals surface area (Å²) in [7, 11) is 0. The molecule has 0 fully saturated rings. The third-order valence-corrected chi connectivity index (χ3v) is 2.40. The smallest absolute Gasteiger partial charge is 0.330 e. The molecule has 108 valence electrons. The second-order valence-corrected chi connectivity index (χ2v) is 4.44. The van der Waals surface area contributed by atoms with Crippen molar-refractivity contribution in [3.05, 3.63) is 35.9 Å². The average molecular weight is 276 g/mol. The summed E-state index contributed by atoms with van der Waals surface area (Å²) in [6.07, 6.45) is 3.31. The Bertz CT molecular complexity index is 478. The Labute approximate surface area is 118 Å². The summed E-state index contributed by atoms with van der Waals surface area (Å²) < 4.78 is 4.78. The topological polar surface area (TPSA) is 81.4 Å². The number of nitrogens with one attached hydrogen (secondary N) is 1. The van der Waals surface area contributed by atoms with Crippen molar-refractivity contribution < 1.29 is 14.3 Å².